The predicted molar refractivity (Wildman–Crippen MR) is 83.4 cm³/mol. The van der Waals surface area contributed by atoms with Crippen molar-refractivity contribution in [1.29, 1.82) is 0 Å². The van der Waals surface area contributed by atoms with Gasteiger partial charge in [-0.25, -0.2) is 0 Å². The lowest BCUT2D eigenvalue weighted by Gasteiger charge is -2.37. The number of methoxy groups -OCH3 is 3. The minimum atomic E-state index is 0.514. The van der Waals surface area contributed by atoms with Crippen molar-refractivity contribution in [2.24, 2.45) is 0 Å². The Hall–Kier alpha value is -1.46. The monoisotopic (exact) mass is 294 g/mol. The topological polar surface area (TPSA) is 43.0 Å². The maximum atomic E-state index is 5.42. The molecule has 2 unspecified atom stereocenters. The fourth-order valence-electron chi connectivity index (χ4n) is 2.78. The Bertz CT molecular complexity index is 454. The highest BCUT2D eigenvalue weighted by molar-refractivity contribution is 5.53. The van der Waals surface area contributed by atoms with Crippen molar-refractivity contribution in [3.8, 4) is 17.2 Å². The number of piperazine rings is 1. The summed E-state index contributed by atoms with van der Waals surface area (Å²) in [6.45, 7) is 7.40. The average Bonchev–Trinajstić information content (AvgIpc) is 2.49. The molecule has 21 heavy (non-hydrogen) atoms. The van der Waals surface area contributed by atoms with Crippen molar-refractivity contribution >= 4 is 0 Å². The molecule has 0 bridgehead atoms. The molecule has 0 aromatic heterocycles. The lowest BCUT2D eigenvalue weighted by Crippen LogP contribution is -2.53. The summed E-state index contributed by atoms with van der Waals surface area (Å²) in [6, 6.07) is 5.09. The Balaban J connectivity index is 2.23. The van der Waals surface area contributed by atoms with Crippen LogP contribution in [-0.4, -0.2) is 51.4 Å². The summed E-state index contributed by atoms with van der Waals surface area (Å²) in [6.07, 6.45) is 0. The third kappa shape index (κ3) is 3.60. The molecule has 118 valence electrons. The molecular formula is C16H26N2O3. The first-order valence-electron chi connectivity index (χ1n) is 7.35. The van der Waals surface area contributed by atoms with E-state index in [1.807, 2.05) is 12.1 Å². The van der Waals surface area contributed by atoms with Gasteiger partial charge in [-0.15, -0.1) is 0 Å². The largest absolute Gasteiger partial charge is 0.493 e. The molecule has 1 fully saturated rings. The van der Waals surface area contributed by atoms with Gasteiger partial charge in [0.2, 0.25) is 5.75 Å². The van der Waals surface area contributed by atoms with Gasteiger partial charge in [0.1, 0.15) is 0 Å². The van der Waals surface area contributed by atoms with Crippen LogP contribution in [0.15, 0.2) is 12.1 Å². The molecule has 1 saturated heterocycles. The average molecular weight is 294 g/mol. The summed E-state index contributed by atoms with van der Waals surface area (Å²) < 4.78 is 16.2. The Labute approximate surface area is 127 Å². The zero-order valence-corrected chi connectivity index (χ0v) is 13.6. The number of rotatable bonds is 5. The van der Waals surface area contributed by atoms with Crippen molar-refractivity contribution in [2.75, 3.05) is 34.4 Å². The molecule has 2 rings (SSSR count). The number of benzene rings is 1. The summed E-state index contributed by atoms with van der Waals surface area (Å²) in [7, 11) is 4.92. The van der Waals surface area contributed by atoms with E-state index in [0.717, 1.165) is 19.6 Å². The van der Waals surface area contributed by atoms with E-state index in [0.29, 0.717) is 29.3 Å². The van der Waals surface area contributed by atoms with Crippen LogP contribution in [0.1, 0.15) is 19.4 Å². The van der Waals surface area contributed by atoms with Gasteiger partial charge < -0.3 is 19.5 Å². The lowest BCUT2D eigenvalue weighted by atomic mass is 10.1. The molecule has 2 atom stereocenters. The highest BCUT2D eigenvalue weighted by atomic mass is 16.5. The van der Waals surface area contributed by atoms with Crippen LogP contribution in [0.25, 0.3) is 0 Å². The quantitative estimate of drug-likeness (QED) is 0.898. The van der Waals surface area contributed by atoms with E-state index in [4.69, 9.17) is 14.2 Å². The standard InChI is InChI=1S/C16H26N2O3/c1-11-9-18(12(2)8-17-11)10-13-6-14(19-3)16(21-5)15(7-13)20-4/h6-7,11-12,17H,8-10H2,1-5H3. The molecule has 1 heterocycles. The summed E-state index contributed by atoms with van der Waals surface area (Å²) >= 11 is 0. The van der Waals surface area contributed by atoms with Gasteiger partial charge in [-0.1, -0.05) is 0 Å². The number of ether oxygens (including phenoxy) is 3. The summed E-state index contributed by atoms with van der Waals surface area (Å²) in [5, 5.41) is 3.50. The maximum absolute atomic E-state index is 5.42. The first-order valence-corrected chi connectivity index (χ1v) is 7.35. The van der Waals surface area contributed by atoms with Crippen LogP contribution >= 0.6 is 0 Å². The number of nitrogens with one attached hydrogen (secondary N) is 1. The van der Waals surface area contributed by atoms with Crippen LogP contribution in [0.5, 0.6) is 17.2 Å². The lowest BCUT2D eigenvalue weighted by molar-refractivity contribution is 0.138. The molecule has 1 N–H and O–H groups in total. The second-order valence-electron chi connectivity index (χ2n) is 5.62. The fourth-order valence-corrected chi connectivity index (χ4v) is 2.78. The van der Waals surface area contributed by atoms with E-state index in [1.54, 1.807) is 21.3 Å². The molecule has 1 aliphatic rings. The van der Waals surface area contributed by atoms with E-state index in [2.05, 4.69) is 24.1 Å². The van der Waals surface area contributed by atoms with E-state index < -0.39 is 0 Å². The van der Waals surface area contributed by atoms with Gasteiger partial charge in [0.25, 0.3) is 0 Å². The van der Waals surface area contributed by atoms with E-state index >= 15 is 0 Å². The minimum Gasteiger partial charge on any atom is -0.493 e. The molecule has 1 aliphatic heterocycles. The molecule has 5 heteroatoms. The number of hydrogen-bond donors (Lipinski definition) is 1. The molecule has 0 spiro atoms. The minimum absolute atomic E-state index is 0.514. The van der Waals surface area contributed by atoms with Crippen molar-refractivity contribution in [1.82, 2.24) is 10.2 Å². The first-order chi connectivity index (χ1) is 10.1. The fraction of sp³-hybridized carbons (Fsp3) is 0.625. The molecule has 0 radical (unpaired) electrons. The van der Waals surface area contributed by atoms with Crippen LogP contribution in [0.2, 0.25) is 0 Å². The van der Waals surface area contributed by atoms with E-state index in [9.17, 15) is 0 Å². The summed E-state index contributed by atoms with van der Waals surface area (Å²) in [5.41, 5.74) is 1.17. The highest BCUT2D eigenvalue weighted by Gasteiger charge is 2.23. The Kier molecular flexibility index (Phi) is 5.31. The summed E-state index contributed by atoms with van der Waals surface area (Å²) in [4.78, 5) is 2.47. The van der Waals surface area contributed by atoms with Gasteiger partial charge >= 0.3 is 0 Å². The van der Waals surface area contributed by atoms with Crippen LogP contribution in [0, 0.1) is 0 Å². The zero-order valence-electron chi connectivity index (χ0n) is 13.6. The smallest absolute Gasteiger partial charge is 0.203 e. The van der Waals surface area contributed by atoms with Gasteiger partial charge in [-0.05, 0) is 31.5 Å². The summed E-state index contributed by atoms with van der Waals surface area (Å²) in [5.74, 6) is 2.07. The van der Waals surface area contributed by atoms with Gasteiger partial charge in [0.05, 0.1) is 21.3 Å². The molecule has 0 saturated carbocycles. The van der Waals surface area contributed by atoms with Crippen LogP contribution in [0.3, 0.4) is 0 Å². The molecule has 1 aromatic carbocycles. The van der Waals surface area contributed by atoms with Crippen molar-refractivity contribution in [2.45, 2.75) is 32.5 Å². The third-order valence-electron chi connectivity index (χ3n) is 4.00. The first kappa shape index (κ1) is 15.9. The van der Waals surface area contributed by atoms with Gasteiger partial charge in [-0.3, -0.25) is 4.90 Å². The van der Waals surface area contributed by atoms with Crippen LogP contribution in [0.4, 0.5) is 0 Å². The molecule has 0 aliphatic carbocycles. The zero-order chi connectivity index (χ0) is 15.4. The molecule has 5 nitrogen and oxygen atoms in total. The second-order valence-corrected chi connectivity index (χ2v) is 5.62. The number of nitrogens with zero attached hydrogens (tertiary/aromatic N) is 1. The van der Waals surface area contributed by atoms with Crippen molar-refractivity contribution in [3.05, 3.63) is 17.7 Å². The van der Waals surface area contributed by atoms with Gasteiger partial charge in [-0.2, -0.15) is 0 Å². The van der Waals surface area contributed by atoms with E-state index in [-0.39, 0.29) is 0 Å². The Morgan fingerprint density at radius 2 is 1.71 bits per heavy atom. The molecule has 0 amide bonds. The van der Waals surface area contributed by atoms with Gasteiger partial charge in [0, 0.05) is 31.7 Å². The van der Waals surface area contributed by atoms with E-state index in [1.165, 1.54) is 5.56 Å². The molecular weight excluding hydrogens is 268 g/mol. The maximum Gasteiger partial charge on any atom is 0.203 e. The van der Waals surface area contributed by atoms with Gasteiger partial charge in [0.15, 0.2) is 11.5 Å². The Morgan fingerprint density at radius 3 is 2.24 bits per heavy atom. The van der Waals surface area contributed by atoms with Crippen LogP contribution in [-0.2, 0) is 6.54 Å². The Morgan fingerprint density at radius 1 is 1.10 bits per heavy atom. The second kappa shape index (κ2) is 7.00. The normalized spacial score (nSPS) is 22.9. The third-order valence-corrected chi connectivity index (χ3v) is 4.00. The van der Waals surface area contributed by atoms with Crippen molar-refractivity contribution in [3.63, 3.8) is 0 Å². The SMILES string of the molecule is COc1cc(CN2CC(C)NCC2C)cc(OC)c1OC. The molecule has 1 aromatic rings. The highest BCUT2D eigenvalue weighted by Crippen LogP contribution is 2.38. The predicted octanol–water partition coefficient (Wildman–Crippen LogP) is 1.89. The van der Waals surface area contributed by atoms with Crippen molar-refractivity contribution < 1.29 is 14.2 Å². The number of hydrogen-bond acceptors (Lipinski definition) is 5. The van der Waals surface area contributed by atoms with Crippen LogP contribution < -0.4 is 19.5 Å².